The molecule has 1 heterocycles. The van der Waals surface area contributed by atoms with E-state index in [0.717, 1.165) is 22.8 Å². The van der Waals surface area contributed by atoms with Gasteiger partial charge < -0.3 is 14.0 Å². The average Bonchev–Trinajstić information content (AvgIpc) is 2.68. The van der Waals surface area contributed by atoms with Gasteiger partial charge in [-0.2, -0.15) is 0 Å². The predicted octanol–water partition coefficient (Wildman–Crippen LogP) is 3.76. The Labute approximate surface area is 112 Å². The van der Waals surface area contributed by atoms with Crippen LogP contribution in [-0.4, -0.2) is 18.8 Å². The largest absolute Gasteiger partial charge is 0.495 e. The highest BCUT2D eigenvalue weighted by atomic mass is 35.5. The summed E-state index contributed by atoms with van der Waals surface area (Å²) in [6, 6.07) is 7.79. The van der Waals surface area contributed by atoms with Gasteiger partial charge in [0.25, 0.3) is 0 Å². The van der Waals surface area contributed by atoms with Gasteiger partial charge in [-0.1, -0.05) is 11.6 Å². The Morgan fingerprint density at radius 1 is 0.944 bits per heavy atom. The standard InChI is InChI=1S/C14H16ClNO2/c1-9-5-6-10(2)16(9)12-7-11(15)13(17-3)8-14(12)18-4/h5-8H,1-4H3. The Hall–Kier alpha value is -1.61. The highest BCUT2D eigenvalue weighted by Crippen LogP contribution is 2.35. The molecule has 0 aliphatic heterocycles. The maximum Gasteiger partial charge on any atom is 0.146 e. The van der Waals surface area contributed by atoms with E-state index in [4.69, 9.17) is 21.1 Å². The van der Waals surface area contributed by atoms with Crippen LogP contribution in [0.15, 0.2) is 24.3 Å². The Kier molecular flexibility index (Phi) is 3.53. The summed E-state index contributed by atoms with van der Waals surface area (Å²) in [5.41, 5.74) is 3.18. The van der Waals surface area contributed by atoms with Crippen LogP contribution >= 0.6 is 11.6 Å². The van der Waals surface area contributed by atoms with Gasteiger partial charge in [0, 0.05) is 17.5 Å². The highest BCUT2D eigenvalue weighted by Gasteiger charge is 2.13. The number of ether oxygens (including phenoxy) is 2. The van der Waals surface area contributed by atoms with Crippen molar-refractivity contribution in [1.82, 2.24) is 4.57 Å². The van der Waals surface area contributed by atoms with E-state index < -0.39 is 0 Å². The summed E-state index contributed by atoms with van der Waals surface area (Å²) in [6.07, 6.45) is 0. The van der Waals surface area contributed by atoms with Crippen LogP contribution in [0.25, 0.3) is 5.69 Å². The van der Waals surface area contributed by atoms with Crippen molar-refractivity contribution in [2.75, 3.05) is 14.2 Å². The molecular weight excluding hydrogens is 250 g/mol. The minimum absolute atomic E-state index is 0.570. The second-order valence-electron chi connectivity index (χ2n) is 4.11. The summed E-state index contributed by atoms with van der Waals surface area (Å²) in [5, 5.41) is 0.570. The number of rotatable bonds is 3. The first-order valence-electron chi connectivity index (χ1n) is 5.65. The Morgan fingerprint density at radius 3 is 2.00 bits per heavy atom. The fraction of sp³-hybridized carbons (Fsp3) is 0.286. The first-order valence-corrected chi connectivity index (χ1v) is 6.03. The van der Waals surface area contributed by atoms with Gasteiger partial charge in [-0.15, -0.1) is 0 Å². The maximum absolute atomic E-state index is 6.19. The van der Waals surface area contributed by atoms with E-state index in [9.17, 15) is 0 Å². The summed E-state index contributed by atoms with van der Waals surface area (Å²) in [5.74, 6) is 1.35. The molecule has 2 rings (SSSR count). The molecule has 0 saturated carbocycles. The molecule has 4 heteroatoms. The Morgan fingerprint density at radius 2 is 1.50 bits per heavy atom. The molecule has 1 aromatic heterocycles. The van der Waals surface area contributed by atoms with Gasteiger partial charge in [-0.25, -0.2) is 0 Å². The molecule has 0 saturated heterocycles. The molecule has 0 aliphatic rings. The van der Waals surface area contributed by atoms with Crippen molar-refractivity contribution in [2.24, 2.45) is 0 Å². The van der Waals surface area contributed by atoms with Gasteiger partial charge in [-0.05, 0) is 32.0 Å². The third-order valence-corrected chi connectivity index (χ3v) is 3.26. The van der Waals surface area contributed by atoms with Gasteiger partial charge in [0.1, 0.15) is 11.5 Å². The van der Waals surface area contributed by atoms with Gasteiger partial charge >= 0.3 is 0 Å². The monoisotopic (exact) mass is 265 g/mol. The Balaban J connectivity index is 2.67. The zero-order valence-electron chi connectivity index (χ0n) is 11.0. The number of hydrogen-bond acceptors (Lipinski definition) is 2. The van der Waals surface area contributed by atoms with Crippen molar-refractivity contribution in [2.45, 2.75) is 13.8 Å². The summed E-state index contributed by atoms with van der Waals surface area (Å²) in [7, 11) is 3.23. The van der Waals surface area contributed by atoms with Crippen LogP contribution in [0.2, 0.25) is 5.02 Å². The van der Waals surface area contributed by atoms with Crippen molar-refractivity contribution >= 4 is 11.6 Å². The van der Waals surface area contributed by atoms with Gasteiger partial charge in [0.15, 0.2) is 0 Å². The van der Waals surface area contributed by atoms with Crippen molar-refractivity contribution in [3.8, 4) is 17.2 Å². The zero-order chi connectivity index (χ0) is 13.3. The molecule has 0 amide bonds. The number of benzene rings is 1. The molecule has 0 spiro atoms. The van der Waals surface area contributed by atoms with Gasteiger partial charge in [0.2, 0.25) is 0 Å². The molecule has 96 valence electrons. The third kappa shape index (κ3) is 2.06. The first kappa shape index (κ1) is 12.8. The SMILES string of the molecule is COc1cc(OC)c(-n2c(C)ccc2C)cc1Cl. The van der Waals surface area contributed by atoms with E-state index in [1.165, 1.54) is 0 Å². The summed E-state index contributed by atoms with van der Waals surface area (Å²) in [4.78, 5) is 0. The van der Waals surface area contributed by atoms with Crippen LogP contribution in [0.4, 0.5) is 0 Å². The van der Waals surface area contributed by atoms with Crippen molar-refractivity contribution in [3.05, 3.63) is 40.7 Å². The van der Waals surface area contributed by atoms with Gasteiger partial charge in [0.05, 0.1) is 24.9 Å². The van der Waals surface area contributed by atoms with Crippen LogP contribution in [0.1, 0.15) is 11.4 Å². The number of methoxy groups -OCH3 is 2. The van der Waals surface area contributed by atoms with Crippen molar-refractivity contribution < 1.29 is 9.47 Å². The van der Waals surface area contributed by atoms with Gasteiger partial charge in [-0.3, -0.25) is 0 Å². The van der Waals surface area contributed by atoms with E-state index in [-0.39, 0.29) is 0 Å². The lowest BCUT2D eigenvalue weighted by Gasteiger charge is -2.16. The molecule has 0 bridgehead atoms. The molecular formula is C14H16ClNO2. The maximum atomic E-state index is 6.19. The van der Waals surface area contributed by atoms with Crippen molar-refractivity contribution in [1.29, 1.82) is 0 Å². The normalized spacial score (nSPS) is 10.5. The molecule has 2 aromatic rings. The lowest BCUT2D eigenvalue weighted by Crippen LogP contribution is -2.02. The first-order chi connectivity index (χ1) is 8.58. The number of hydrogen-bond donors (Lipinski definition) is 0. The Bertz CT molecular complexity index is 556. The number of aromatic nitrogens is 1. The molecule has 0 atom stereocenters. The molecule has 0 aliphatic carbocycles. The van der Waals surface area contributed by atoms with E-state index in [1.54, 1.807) is 20.3 Å². The second kappa shape index (κ2) is 4.94. The van der Waals surface area contributed by atoms with E-state index in [1.807, 2.05) is 19.9 Å². The predicted molar refractivity (Wildman–Crippen MR) is 73.4 cm³/mol. The molecule has 0 unspecified atom stereocenters. The van der Waals surface area contributed by atoms with E-state index >= 15 is 0 Å². The zero-order valence-corrected chi connectivity index (χ0v) is 11.7. The van der Waals surface area contributed by atoms with Crippen LogP contribution in [0, 0.1) is 13.8 Å². The average molecular weight is 266 g/mol. The topological polar surface area (TPSA) is 23.4 Å². The fourth-order valence-electron chi connectivity index (χ4n) is 2.07. The van der Waals surface area contributed by atoms with Crippen LogP contribution in [-0.2, 0) is 0 Å². The summed E-state index contributed by atoms with van der Waals surface area (Å²) >= 11 is 6.19. The highest BCUT2D eigenvalue weighted by molar-refractivity contribution is 6.32. The minimum Gasteiger partial charge on any atom is -0.495 e. The molecule has 18 heavy (non-hydrogen) atoms. The smallest absolute Gasteiger partial charge is 0.146 e. The van der Waals surface area contributed by atoms with Crippen LogP contribution in [0.5, 0.6) is 11.5 Å². The second-order valence-corrected chi connectivity index (χ2v) is 4.52. The molecule has 3 nitrogen and oxygen atoms in total. The van der Waals surface area contributed by atoms with E-state index in [2.05, 4.69) is 16.7 Å². The van der Waals surface area contributed by atoms with Crippen LogP contribution in [0.3, 0.4) is 0 Å². The van der Waals surface area contributed by atoms with Crippen molar-refractivity contribution in [3.63, 3.8) is 0 Å². The lowest BCUT2D eigenvalue weighted by molar-refractivity contribution is 0.393. The summed E-state index contributed by atoms with van der Waals surface area (Å²) < 4.78 is 12.7. The minimum atomic E-state index is 0.570. The molecule has 0 fully saturated rings. The summed E-state index contributed by atoms with van der Waals surface area (Å²) in [6.45, 7) is 4.09. The van der Waals surface area contributed by atoms with Crippen LogP contribution < -0.4 is 9.47 Å². The number of aryl methyl sites for hydroxylation is 2. The fourth-order valence-corrected chi connectivity index (χ4v) is 2.30. The lowest BCUT2D eigenvalue weighted by atomic mass is 10.2. The number of nitrogens with zero attached hydrogens (tertiary/aromatic N) is 1. The molecule has 0 N–H and O–H groups in total. The number of halogens is 1. The van der Waals surface area contributed by atoms with E-state index in [0.29, 0.717) is 10.8 Å². The quantitative estimate of drug-likeness (QED) is 0.843. The molecule has 1 aromatic carbocycles. The molecule has 0 radical (unpaired) electrons. The third-order valence-electron chi connectivity index (χ3n) is 2.97.